The number of benzene rings is 2. The maximum absolute atomic E-state index is 12.2. The number of rotatable bonds is 5. The minimum atomic E-state index is -0.0495. The van der Waals surface area contributed by atoms with Crippen LogP contribution in [0.4, 0.5) is 5.69 Å². The average Bonchev–Trinajstić information content (AvgIpc) is 3.01. The molecule has 0 atom stereocenters. The van der Waals surface area contributed by atoms with E-state index >= 15 is 0 Å². The van der Waals surface area contributed by atoms with E-state index in [9.17, 15) is 4.79 Å². The van der Waals surface area contributed by atoms with Gasteiger partial charge in [-0.15, -0.1) is 0 Å². The van der Waals surface area contributed by atoms with Crippen molar-refractivity contribution in [2.75, 3.05) is 19.2 Å². The first kappa shape index (κ1) is 15.2. The van der Waals surface area contributed by atoms with Gasteiger partial charge in [0.1, 0.15) is 5.75 Å². The van der Waals surface area contributed by atoms with Gasteiger partial charge in [0.25, 0.3) is 0 Å². The Labute approximate surface area is 135 Å². The van der Waals surface area contributed by atoms with Gasteiger partial charge in [-0.25, -0.2) is 0 Å². The van der Waals surface area contributed by atoms with Crippen LogP contribution < -0.4 is 19.5 Å². The van der Waals surface area contributed by atoms with Gasteiger partial charge in [0.2, 0.25) is 12.7 Å². The summed E-state index contributed by atoms with van der Waals surface area (Å²) in [5.41, 5.74) is 2.81. The first-order valence-corrected chi connectivity index (χ1v) is 7.49. The number of ether oxygens (including phenoxy) is 3. The summed E-state index contributed by atoms with van der Waals surface area (Å²) in [4.78, 5) is 12.2. The van der Waals surface area contributed by atoms with Gasteiger partial charge in [0.05, 0.1) is 12.8 Å². The van der Waals surface area contributed by atoms with Crippen LogP contribution in [-0.4, -0.2) is 19.8 Å². The fourth-order valence-electron chi connectivity index (χ4n) is 2.49. The van der Waals surface area contributed by atoms with E-state index in [1.165, 1.54) is 0 Å². The molecular formula is C18H19NO4. The highest BCUT2D eigenvalue weighted by Crippen LogP contribution is 2.33. The van der Waals surface area contributed by atoms with E-state index in [1.54, 1.807) is 7.11 Å². The Bertz CT molecular complexity index is 727. The number of anilines is 1. The minimum Gasteiger partial charge on any atom is -0.495 e. The van der Waals surface area contributed by atoms with Crippen molar-refractivity contribution in [1.82, 2.24) is 0 Å². The number of carbonyl (C=O) groups excluding carboxylic acids is 1. The van der Waals surface area contributed by atoms with E-state index in [1.807, 2.05) is 43.3 Å². The molecule has 0 spiro atoms. The van der Waals surface area contributed by atoms with Gasteiger partial charge in [-0.3, -0.25) is 4.79 Å². The summed E-state index contributed by atoms with van der Waals surface area (Å²) < 4.78 is 15.9. The second kappa shape index (κ2) is 6.60. The maximum atomic E-state index is 12.2. The SMILES string of the molecule is COc1ccc(C)cc1NC(=O)CCc1ccc2c(c1)OCO2. The van der Waals surface area contributed by atoms with Crippen molar-refractivity contribution >= 4 is 11.6 Å². The molecule has 0 aromatic heterocycles. The molecule has 0 unspecified atom stereocenters. The largest absolute Gasteiger partial charge is 0.495 e. The first-order valence-electron chi connectivity index (χ1n) is 7.49. The quantitative estimate of drug-likeness (QED) is 0.920. The smallest absolute Gasteiger partial charge is 0.231 e. The number of aryl methyl sites for hydroxylation is 2. The second-order valence-corrected chi connectivity index (χ2v) is 5.44. The lowest BCUT2D eigenvalue weighted by molar-refractivity contribution is -0.116. The van der Waals surface area contributed by atoms with Gasteiger partial charge in [-0.2, -0.15) is 0 Å². The highest BCUT2D eigenvalue weighted by atomic mass is 16.7. The van der Waals surface area contributed by atoms with Crippen molar-refractivity contribution in [2.24, 2.45) is 0 Å². The molecule has 0 bridgehead atoms. The summed E-state index contributed by atoms with van der Waals surface area (Å²) in [7, 11) is 1.59. The number of methoxy groups -OCH3 is 1. The molecule has 5 nitrogen and oxygen atoms in total. The Morgan fingerprint density at radius 2 is 2.00 bits per heavy atom. The van der Waals surface area contributed by atoms with Crippen LogP contribution in [0.25, 0.3) is 0 Å². The van der Waals surface area contributed by atoms with Crippen LogP contribution >= 0.6 is 0 Å². The zero-order chi connectivity index (χ0) is 16.2. The Morgan fingerprint density at radius 1 is 1.17 bits per heavy atom. The van der Waals surface area contributed by atoms with Crippen molar-refractivity contribution in [2.45, 2.75) is 19.8 Å². The summed E-state index contributed by atoms with van der Waals surface area (Å²) in [6, 6.07) is 11.4. The zero-order valence-electron chi connectivity index (χ0n) is 13.2. The average molecular weight is 313 g/mol. The third kappa shape index (κ3) is 3.56. The van der Waals surface area contributed by atoms with Crippen LogP contribution in [0.15, 0.2) is 36.4 Å². The fraction of sp³-hybridized carbons (Fsp3) is 0.278. The van der Waals surface area contributed by atoms with Crippen LogP contribution in [0, 0.1) is 6.92 Å². The van der Waals surface area contributed by atoms with Crippen LogP contribution in [-0.2, 0) is 11.2 Å². The first-order chi connectivity index (χ1) is 11.2. The summed E-state index contributed by atoms with van der Waals surface area (Å²) >= 11 is 0. The number of fused-ring (bicyclic) bond motifs is 1. The van der Waals surface area contributed by atoms with E-state index in [0.717, 1.165) is 22.6 Å². The van der Waals surface area contributed by atoms with Crippen molar-refractivity contribution in [3.8, 4) is 17.2 Å². The van der Waals surface area contributed by atoms with Gasteiger partial charge < -0.3 is 19.5 Å². The topological polar surface area (TPSA) is 56.8 Å². The zero-order valence-corrected chi connectivity index (χ0v) is 13.2. The predicted octanol–water partition coefficient (Wildman–Crippen LogP) is 3.30. The normalized spacial score (nSPS) is 12.1. The lowest BCUT2D eigenvalue weighted by Crippen LogP contribution is -2.13. The lowest BCUT2D eigenvalue weighted by Gasteiger charge is -2.11. The summed E-state index contributed by atoms with van der Waals surface area (Å²) in [6.45, 7) is 2.23. The van der Waals surface area contributed by atoms with E-state index in [4.69, 9.17) is 14.2 Å². The minimum absolute atomic E-state index is 0.0495. The third-order valence-electron chi connectivity index (χ3n) is 3.71. The lowest BCUT2D eigenvalue weighted by atomic mass is 10.1. The molecule has 1 N–H and O–H groups in total. The van der Waals surface area contributed by atoms with Crippen molar-refractivity contribution in [3.05, 3.63) is 47.5 Å². The molecule has 0 radical (unpaired) electrons. The highest BCUT2D eigenvalue weighted by molar-refractivity contribution is 5.92. The standard InChI is InChI=1S/C18H19NO4/c1-12-3-6-15(21-2)14(9-12)19-18(20)8-5-13-4-7-16-17(10-13)23-11-22-16/h3-4,6-7,9-10H,5,8,11H2,1-2H3,(H,19,20). The molecular weight excluding hydrogens is 294 g/mol. The van der Waals surface area contributed by atoms with E-state index in [0.29, 0.717) is 24.3 Å². The molecule has 0 saturated heterocycles. The molecule has 120 valence electrons. The van der Waals surface area contributed by atoms with Crippen molar-refractivity contribution in [3.63, 3.8) is 0 Å². The van der Waals surface area contributed by atoms with Gasteiger partial charge in [-0.1, -0.05) is 12.1 Å². The molecule has 3 rings (SSSR count). The fourth-order valence-corrected chi connectivity index (χ4v) is 2.49. The summed E-state index contributed by atoms with van der Waals surface area (Å²) in [5.74, 6) is 2.10. The number of nitrogens with one attached hydrogen (secondary N) is 1. The number of hydrogen-bond acceptors (Lipinski definition) is 4. The number of carbonyl (C=O) groups is 1. The number of amides is 1. The Morgan fingerprint density at radius 3 is 2.83 bits per heavy atom. The van der Waals surface area contributed by atoms with Gasteiger partial charge >= 0.3 is 0 Å². The Balaban J connectivity index is 1.61. The molecule has 0 saturated carbocycles. The monoisotopic (exact) mass is 313 g/mol. The van der Waals surface area contributed by atoms with Gasteiger partial charge in [-0.05, 0) is 48.7 Å². The summed E-state index contributed by atoms with van der Waals surface area (Å²) in [5, 5.41) is 2.90. The molecule has 1 aliphatic rings. The van der Waals surface area contributed by atoms with Gasteiger partial charge in [0, 0.05) is 6.42 Å². The molecule has 2 aromatic carbocycles. The molecule has 23 heavy (non-hydrogen) atoms. The van der Waals surface area contributed by atoms with E-state index in [-0.39, 0.29) is 12.7 Å². The number of hydrogen-bond donors (Lipinski definition) is 1. The maximum Gasteiger partial charge on any atom is 0.231 e. The molecule has 1 aliphatic heterocycles. The van der Waals surface area contributed by atoms with Crippen LogP contribution in [0.1, 0.15) is 17.5 Å². The van der Waals surface area contributed by atoms with E-state index < -0.39 is 0 Å². The third-order valence-corrected chi connectivity index (χ3v) is 3.71. The predicted molar refractivity (Wildman–Crippen MR) is 87.2 cm³/mol. The summed E-state index contributed by atoms with van der Waals surface area (Å²) in [6.07, 6.45) is 1.02. The molecule has 1 heterocycles. The second-order valence-electron chi connectivity index (χ2n) is 5.44. The van der Waals surface area contributed by atoms with Crippen molar-refractivity contribution < 1.29 is 19.0 Å². The highest BCUT2D eigenvalue weighted by Gasteiger charge is 2.14. The Kier molecular flexibility index (Phi) is 4.37. The van der Waals surface area contributed by atoms with Crippen LogP contribution in [0.3, 0.4) is 0 Å². The molecule has 0 fully saturated rings. The molecule has 5 heteroatoms. The van der Waals surface area contributed by atoms with Gasteiger partial charge in [0.15, 0.2) is 11.5 Å². The molecule has 0 aliphatic carbocycles. The molecule has 2 aromatic rings. The Hall–Kier alpha value is -2.69. The van der Waals surface area contributed by atoms with Crippen molar-refractivity contribution in [1.29, 1.82) is 0 Å². The molecule has 1 amide bonds. The van der Waals surface area contributed by atoms with Crippen LogP contribution in [0.2, 0.25) is 0 Å². The van der Waals surface area contributed by atoms with E-state index in [2.05, 4.69) is 5.32 Å². The van der Waals surface area contributed by atoms with Crippen LogP contribution in [0.5, 0.6) is 17.2 Å².